The second-order valence-electron chi connectivity index (χ2n) is 7.63. The van der Waals surface area contributed by atoms with Crippen LogP contribution in [0.15, 0.2) is 65.6 Å². The Morgan fingerprint density at radius 3 is 2.38 bits per heavy atom. The van der Waals surface area contributed by atoms with Gasteiger partial charge in [-0.2, -0.15) is 0 Å². The van der Waals surface area contributed by atoms with E-state index in [1.165, 1.54) is 4.31 Å². The third-order valence-electron chi connectivity index (χ3n) is 5.44. The third kappa shape index (κ3) is 3.71. The smallest absolute Gasteiger partial charge is 0.323 e. The van der Waals surface area contributed by atoms with E-state index in [1.54, 1.807) is 54.6 Å². The fourth-order valence-corrected chi connectivity index (χ4v) is 5.28. The van der Waals surface area contributed by atoms with E-state index >= 15 is 0 Å². The quantitative estimate of drug-likeness (QED) is 0.622. The van der Waals surface area contributed by atoms with Crippen LogP contribution in [-0.4, -0.2) is 27.8 Å². The number of urea groups is 1. The summed E-state index contributed by atoms with van der Waals surface area (Å²) >= 11 is 0. The first kappa shape index (κ1) is 20.2. The molecule has 2 aliphatic heterocycles. The summed E-state index contributed by atoms with van der Waals surface area (Å²) in [5, 5.41) is 5.51. The summed E-state index contributed by atoms with van der Waals surface area (Å²) in [6.45, 7) is 2.43. The van der Waals surface area contributed by atoms with E-state index in [1.807, 2.05) is 13.0 Å². The van der Waals surface area contributed by atoms with E-state index in [-0.39, 0.29) is 11.7 Å². The minimum atomic E-state index is -3.69. The number of hydrogen-bond acceptors (Lipinski definition) is 5. The van der Waals surface area contributed by atoms with E-state index in [4.69, 9.17) is 9.47 Å². The van der Waals surface area contributed by atoms with Gasteiger partial charge in [0.1, 0.15) is 0 Å². The lowest BCUT2D eigenvalue weighted by molar-refractivity contribution is 0.174. The molecule has 9 heteroatoms. The lowest BCUT2D eigenvalue weighted by atomic mass is 10.1. The molecule has 2 heterocycles. The summed E-state index contributed by atoms with van der Waals surface area (Å²) in [6, 6.07) is 16.8. The molecule has 0 aromatic heterocycles. The van der Waals surface area contributed by atoms with Gasteiger partial charge in [-0.1, -0.05) is 23.8 Å². The summed E-state index contributed by atoms with van der Waals surface area (Å²) < 4.78 is 38.3. The summed E-state index contributed by atoms with van der Waals surface area (Å²) in [4.78, 5) is 12.7. The van der Waals surface area contributed by atoms with Crippen LogP contribution >= 0.6 is 0 Å². The molecule has 0 atom stereocenters. The molecule has 8 nitrogen and oxygen atoms in total. The standard InChI is InChI=1S/C23H21N3O5S/c1-15-2-7-19(8-3-15)32(28,29)26-11-10-16-4-5-17(12-20(16)26)24-23(27)25-18-6-9-21-22(13-18)31-14-30-21/h2-9,12-13H,10-11,14H2,1H3,(H2,24,25,27). The average molecular weight is 452 g/mol. The number of benzene rings is 3. The monoisotopic (exact) mass is 451 g/mol. The number of nitrogens with zero attached hydrogens (tertiary/aromatic N) is 1. The van der Waals surface area contributed by atoms with Gasteiger partial charge in [0.15, 0.2) is 11.5 Å². The first-order chi connectivity index (χ1) is 15.4. The number of anilines is 3. The molecule has 164 valence electrons. The molecule has 0 bridgehead atoms. The van der Waals surface area contributed by atoms with Gasteiger partial charge in [-0.05, 0) is 55.3 Å². The molecule has 0 radical (unpaired) electrons. The molecule has 2 aliphatic rings. The highest BCUT2D eigenvalue weighted by Crippen LogP contribution is 2.36. The summed E-state index contributed by atoms with van der Waals surface area (Å²) in [7, 11) is -3.69. The minimum Gasteiger partial charge on any atom is -0.454 e. The maximum Gasteiger partial charge on any atom is 0.323 e. The summed E-state index contributed by atoms with van der Waals surface area (Å²) in [6.07, 6.45) is 0.615. The topological polar surface area (TPSA) is 97.0 Å². The Bertz CT molecular complexity index is 1310. The maximum absolute atomic E-state index is 13.2. The van der Waals surface area contributed by atoms with Gasteiger partial charge in [-0.3, -0.25) is 4.31 Å². The number of sulfonamides is 1. The van der Waals surface area contributed by atoms with Crippen molar-refractivity contribution in [3.63, 3.8) is 0 Å². The molecular weight excluding hydrogens is 430 g/mol. The van der Waals surface area contributed by atoms with Crippen LogP contribution in [0.3, 0.4) is 0 Å². The van der Waals surface area contributed by atoms with Crippen LogP contribution in [-0.2, 0) is 16.4 Å². The van der Waals surface area contributed by atoms with Crippen molar-refractivity contribution in [2.75, 3.05) is 28.3 Å². The normalized spacial score (nSPS) is 14.2. The molecule has 0 unspecified atom stereocenters. The molecule has 3 aromatic rings. The SMILES string of the molecule is Cc1ccc(S(=O)(=O)N2CCc3ccc(NC(=O)Nc4ccc5c(c4)OCO5)cc32)cc1. The van der Waals surface area contributed by atoms with Crippen molar-refractivity contribution in [2.45, 2.75) is 18.2 Å². The van der Waals surface area contributed by atoms with Crippen molar-refractivity contribution in [1.82, 2.24) is 0 Å². The summed E-state index contributed by atoms with van der Waals surface area (Å²) in [5.74, 6) is 1.20. The van der Waals surface area contributed by atoms with Crippen LogP contribution in [0.1, 0.15) is 11.1 Å². The minimum absolute atomic E-state index is 0.155. The van der Waals surface area contributed by atoms with Crippen LogP contribution in [0, 0.1) is 6.92 Å². The van der Waals surface area contributed by atoms with Crippen molar-refractivity contribution in [3.8, 4) is 11.5 Å². The lowest BCUT2D eigenvalue weighted by Crippen LogP contribution is -2.29. The number of nitrogens with one attached hydrogen (secondary N) is 2. The van der Waals surface area contributed by atoms with E-state index in [2.05, 4.69) is 10.6 Å². The highest BCUT2D eigenvalue weighted by atomic mass is 32.2. The van der Waals surface area contributed by atoms with E-state index in [0.29, 0.717) is 41.5 Å². The molecule has 3 aromatic carbocycles. The summed E-state index contributed by atoms with van der Waals surface area (Å²) in [5.41, 5.74) is 3.53. The number of rotatable bonds is 4. The van der Waals surface area contributed by atoms with Gasteiger partial charge in [0, 0.05) is 24.0 Å². The van der Waals surface area contributed by atoms with Crippen molar-refractivity contribution >= 4 is 33.1 Å². The number of aryl methyl sites for hydroxylation is 1. The third-order valence-corrected chi connectivity index (χ3v) is 7.26. The van der Waals surface area contributed by atoms with Crippen LogP contribution in [0.5, 0.6) is 11.5 Å². The Balaban J connectivity index is 1.34. The van der Waals surface area contributed by atoms with Crippen LogP contribution in [0.25, 0.3) is 0 Å². The van der Waals surface area contributed by atoms with Crippen LogP contribution in [0.4, 0.5) is 21.9 Å². The van der Waals surface area contributed by atoms with Gasteiger partial charge in [0.05, 0.1) is 10.6 Å². The zero-order chi connectivity index (χ0) is 22.3. The molecular formula is C23H21N3O5S. The highest BCUT2D eigenvalue weighted by molar-refractivity contribution is 7.92. The first-order valence-electron chi connectivity index (χ1n) is 10.1. The van der Waals surface area contributed by atoms with Gasteiger partial charge >= 0.3 is 6.03 Å². The zero-order valence-electron chi connectivity index (χ0n) is 17.3. The van der Waals surface area contributed by atoms with Crippen molar-refractivity contribution < 1.29 is 22.7 Å². The van der Waals surface area contributed by atoms with Crippen molar-refractivity contribution in [2.24, 2.45) is 0 Å². The predicted octanol–water partition coefficient (Wildman–Crippen LogP) is 4.12. The molecule has 2 N–H and O–H groups in total. The zero-order valence-corrected chi connectivity index (χ0v) is 18.1. The van der Waals surface area contributed by atoms with Gasteiger partial charge in [0.2, 0.25) is 6.79 Å². The van der Waals surface area contributed by atoms with Gasteiger partial charge in [-0.25, -0.2) is 13.2 Å². The molecule has 32 heavy (non-hydrogen) atoms. The largest absolute Gasteiger partial charge is 0.454 e. The number of amides is 2. The lowest BCUT2D eigenvalue weighted by Gasteiger charge is -2.20. The molecule has 0 saturated carbocycles. The Morgan fingerprint density at radius 1 is 0.906 bits per heavy atom. The number of carbonyl (C=O) groups is 1. The predicted molar refractivity (Wildman–Crippen MR) is 121 cm³/mol. The first-order valence-corrected chi connectivity index (χ1v) is 11.5. The van der Waals surface area contributed by atoms with E-state index < -0.39 is 16.1 Å². The number of carbonyl (C=O) groups excluding carboxylic acids is 1. The number of hydrogen-bond donors (Lipinski definition) is 2. The van der Waals surface area contributed by atoms with Gasteiger partial charge < -0.3 is 20.1 Å². The Morgan fingerprint density at radius 2 is 1.59 bits per heavy atom. The van der Waals surface area contributed by atoms with Crippen LogP contribution in [0.2, 0.25) is 0 Å². The molecule has 5 rings (SSSR count). The van der Waals surface area contributed by atoms with Crippen LogP contribution < -0.4 is 24.4 Å². The average Bonchev–Trinajstić information content (AvgIpc) is 3.40. The number of fused-ring (bicyclic) bond motifs is 2. The molecule has 2 amide bonds. The van der Waals surface area contributed by atoms with Crippen molar-refractivity contribution in [1.29, 1.82) is 0 Å². The van der Waals surface area contributed by atoms with Crippen molar-refractivity contribution in [3.05, 3.63) is 71.8 Å². The molecule has 0 spiro atoms. The second-order valence-corrected chi connectivity index (χ2v) is 9.49. The maximum atomic E-state index is 13.2. The number of ether oxygens (including phenoxy) is 2. The van der Waals surface area contributed by atoms with E-state index in [0.717, 1.165) is 11.1 Å². The second kappa shape index (κ2) is 7.76. The molecule has 0 saturated heterocycles. The molecule has 0 fully saturated rings. The Kier molecular flexibility index (Phi) is 4.90. The Hall–Kier alpha value is -3.72. The van der Waals surface area contributed by atoms with E-state index in [9.17, 15) is 13.2 Å². The fraction of sp³-hybridized carbons (Fsp3) is 0.174. The fourth-order valence-electron chi connectivity index (χ4n) is 3.78. The highest BCUT2D eigenvalue weighted by Gasteiger charge is 2.31. The van der Waals surface area contributed by atoms with Gasteiger partial charge in [0.25, 0.3) is 10.0 Å². The Labute approximate surface area is 185 Å². The van der Waals surface area contributed by atoms with Gasteiger partial charge in [-0.15, -0.1) is 0 Å². The molecule has 0 aliphatic carbocycles.